The summed E-state index contributed by atoms with van der Waals surface area (Å²) in [7, 11) is -3.81. The molecule has 1 aliphatic heterocycles. The molecular formula is C28H27Cl2FN2O4S. The minimum absolute atomic E-state index is 0.00864. The first kappa shape index (κ1) is 26.9. The fourth-order valence-electron chi connectivity index (χ4n) is 4.87. The number of nitrogens with one attached hydrogen (secondary N) is 1. The number of halogens is 3. The first-order valence-corrected chi connectivity index (χ1v) is 15.0. The number of hydrogen-bond acceptors (Lipinski definition) is 5. The van der Waals surface area contributed by atoms with E-state index in [2.05, 4.69) is 17.0 Å². The Kier molecular flexibility index (Phi) is 7.69. The summed E-state index contributed by atoms with van der Waals surface area (Å²) in [5, 5.41) is 1.02. The molecule has 2 aliphatic rings. The number of hydrogen-bond donors (Lipinski definition) is 1. The maximum Gasteiger partial charge on any atom is 0.267 e. The highest BCUT2D eigenvalue weighted by Gasteiger charge is 2.35. The number of rotatable bonds is 9. The number of carbonyl (C=O) groups is 1. The largest absolute Gasteiger partial charge is 0.493 e. The van der Waals surface area contributed by atoms with E-state index >= 15 is 0 Å². The lowest BCUT2D eigenvalue weighted by Gasteiger charge is -2.44. The van der Waals surface area contributed by atoms with Gasteiger partial charge in [0.15, 0.2) is 0 Å². The topological polar surface area (TPSA) is 75.7 Å². The Bertz CT molecular complexity index is 1460. The fourth-order valence-corrected chi connectivity index (χ4v) is 5.63. The van der Waals surface area contributed by atoms with Crippen LogP contribution in [0.4, 0.5) is 4.39 Å². The number of nitrogens with zero attached hydrogens (tertiary/aromatic N) is 1. The molecule has 1 heterocycles. The van der Waals surface area contributed by atoms with E-state index in [1.807, 2.05) is 41.1 Å². The summed E-state index contributed by atoms with van der Waals surface area (Å²) in [6.07, 6.45) is 2.68. The van der Waals surface area contributed by atoms with Crippen LogP contribution in [0.15, 0.2) is 60.7 Å². The van der Waals surface area contributed by atoms with Crippen molar-refractivity contribution in [3.63, 3.8) is 0 Å². The van der Waals surface area contributed by atoms with Gasteiger partial charge >= 0.3 is 0 Å². The Morgan fingerprint density at radius 2 is 1.76 bits per heavy atom. The first-order valence-electron chi connectivity index (χ1n) is 12.3. The van der Waals surface area contributed by atoms with Gasteiger partial charge in [-0.1, -0.05) is 59.6 Å². The van der Waals surface area contributed by atoms with Gasteiger partial charge in [-0.3, -0.25) is 9.69 Å². The van der Waals surface area contributed by atoms with Crippen LogP contribution < -0.4 is 9.46 Å². The van der Waals surface area contributed by atoms with E-state index in [1.54, 1.807) is 0 Å². The maximum absolute atomic E-state index is 14.8. The van der Waals surface area contributed by atoms with Crippen molar-refractivity contribution in [1.82, 2.24) is 9.62 Å². The molecule has 0 bridgehead atoms. The van der Waals surface area contributed by atoms with Gasteiger partial charge in [-0.15, -0.1) is 0 Å². The Labute approximate surface area is 231 Å². The summed E-state index contributed by atoms with van der Waals surface area (Å²) >= 11 is 12.5. The Hall–Kier alpha value is -2.65. The SMILES string of the molecule is CS(=O)(=O)NC(=O)c1cc(C2CC2)c(OCC2CN(C(c3ccccc3)c3ccc(Cl)c(Cl)c3)C2)cc1F. The third-order valence-corrected chi connectivity index (χ3v) is 8.13. The number of carbonyl (C=O) groups excluding carboxylic acids is 1. The third kappa shape index (κ3) is 6.15. The van der Waals surface area contributed by atoms with Crippen molar-refractivity contribution in [2.75, 3.05) is 26.0 Å². The van der Waals surface area contributed by atoms with Crippen LogP contribution in [-0.4, -0.2) is 45.2 Å². The fraction of sp³-hybridized carbons (Fsp3) is 0.321. The quantitative estimate of drug-likeness (QED) is 0.348. The molecule has 10 heteroatoms. The highest BCUT2D eigenvalue weighted by molar-refractivity contribution is 7.89. The number of amides is 1. The normalized spacial score (nSPS) is 17.1. The Morgan fingerprint density at radius 1 is 1.05 bits per heavy atom. The zero-order chi connectivity index (χ0) is 27.0. The van der Waals surface area contributed by atoms with E-state index in [0.29, 0.717) is 22.4 Å². The van der Waals surface area contributed by atoms with Crippen LogP contribution in [-0.2, 0) is 10.0 Å². The Balaban J connectivity index is 1.28. The molecule has 6 nitrogen and oxygen atoms in total. The van der Waals surface area contributed by atoms with Crippen LogP contribution in [0.3, 0.4) is 0 Å². The lowest BCUT2D eigenvalue weighted by atomic mass is 9.90. The number of benzene rings is 3. The van der Waals surface area contributed by atoms with Crippen molar-refractivity contribution >= 4 is 39.1 Å². The lowest BCUT2D eigenvalue weighted by molar-refractivity contribution is 0.0375. The molecule has 38 heavy (non-hydrogen) atoms. The van der Waals surface area contributed by atoms with Crippen molar-refractivity contribution in [1.29, 1.82) is 0 Å². The van der Waals surface area contributed by atoms with Crippen LogP contribution in [0, 0.1) is 11.7 Å². The summed E-state index contributed by atoms with van der Waals surface area (Å²) in [5.74, 6) is -0.993. The molecule has 0 aromatic heterocycles. The van der Waals surface area contributed by atoms with Crippen LogP contribution in [0.2, 0.25) is 10.0 Å². The van der Waals surface area contributed by atoms with E-state index in [-0.39, 0.29) is 23.4 Å². The molecule has 1 atom stereocenters. The second kappa shape index (κ2) is 10.8. The molecule has 1 saturated carbocycles. The second-order valence-electron chi connectivity index (χ2n) is 9.97. The average molecular weight is 578 g/mol. The molecule has 1 unspecified atom stereocenters. The molecule has 0 radical (unpaired) electrons. The molecule has 200 valence electrons. The zero-order valence-electron chi connectivity index (χ0n) is 20.7. The molecule has 0 spiro atoms. The van der Waals surface area contributed by atoms with E-state index in [1.165, 1.54) is 12.1 Å². The first-order chi connectivity index (χ1) is 18.1. The monoisotopic (exact) mass is 576 g/mol. The second-order valence-corrected chi connectivity index (χ2v) is 12.5. The van der Waals surface area contributed by atoms with Crippen LogP contribution >= 0.6 is 23.2 Å². The third-order valence-electron chi connectivity index (χ3n) is 6.84. The highest BCUT2D eigenvalue weighted by atomic mass is 35.5. The molecule has 1 N–H and O–H groups in total. The number of ether oxygens (including phenoxy) is 1. The van der Waals surface area contributed by atoms with Gasteiger partial charge in [-0.2, -0.15) is 0 Å². The van der Waals surface area contributed by atoms with Crippen molar-refractivity contribution in [2.24, 2.45) is 5.92 Å². The smallest absolute Gasteiger partial charge is 0.267 e. The van der Waals surface area contributed by atoms with Crippen molar-refractivity contribution in [3.05, 3.63) is 98.8 Å². The molecule has 1 aliphatic carbocycles. The molecule has 3 aromatic carbocycles. The van der Waals surface area contributed by atoms with Gasteiger partial charge in [0.05, 0.1) is 34.5 Å². The highest BCUT2D eigenvalue weighted by Crippen LogP contribution is 2.45. The summed E-state index contributed by atoms with van der Waals surface area (Å²) in [6, 6.07) is 18.5. The van der Waals surface area contributed by atoms with E-state index in [4.69, 9.17) is 27.9 Å². The number of likely N-dealkylation sites (tertiary alicyclic amines) is 1. The van der Waals surface area contributed by atoms with Gasteiger partial charge in [0.2, 0.25) is 10.0 Å². The molecular weight excluding hydrogens is 550 g/mol. The lowest BCUT2D eigenvalue weighted by Crippen LogP contribution is -2.51. The van der Waals surface area contributed by atoms with Gasteiger partial charge < -0.3 is 4.74 Å². The van der Waals surface area contributed by atoms with Gasteiger partial charge in [-0.25, -0.2) is 17.5 Å². The Morgan fingerprint density at radius 3 is 2.39 bits per heavy atom. The predicted octanol–water partition coefficient (Wildman–Crippen LogP) is 5.80. The van der Waals surface area contributed by atoms with Crippen LogP contribution in [0.25, 0.3) is 0 Å². The molecule has 1 amide bonds. The summed E-state index contributed by atoms with van der Waals surface area (Å²) in [5.41, 5.74) is 2.63. The zero-order valence-corrected chi connectivity index (χ0v) is 23.0. The van der Waals surface area contributed by atoms with Crippen molar-refractivity contribution in [2.45, 2.75) is 24.8 Å². The van der Waals surface area contributed by atoms with Crippen molar-refractivity contribution < 1.29 is 22.3 Å². The summed E-state index contributed by atoms with van der Waals surface area (Å²) < 4.78 is 45.6. The van der Waals surface area contributed by atoms with E-state index in [9.17, 15) is 17.6 Å². The summed E-state index contributed by atoms with van der Waals surface area (Å²) in [4.78, 5) is 14.6. The van der Waals surface area contributed by atoms with Gasteiger partial charge in [0.1, 0.15) is 11.6 Å². The van der Waals surface area contributed by atoms with E-state index in [0.717, 1.165) is 48.9 Å². The predicted molar refractivity (Wildman–Crippen MR) is 146 cm³/mol. The molecule has 1 saturated heterocycles. The molecule has 5 rings (SSSR count). The minimum Gasteiger partial charge on any atom is -0.493 e. The van der Waals surface area contributed by atoms with Gasteiger partial charge in [0, 0.05) is 25.1 Å². The van der Waals surface area contributed by atoms with Crippen molar-refractivity contribution in [3.8, 4) is 5.75 Å². The maximum atomic E-state index is 14.8. The summed E-state index contributed by atoms with van der Waals surface area (Å²) in [6.45, 7) is 1.94. The average Bonchev–Trinajstić information content (AvgIpc) is 3.67. The minimum atomic E-state index is -3.81. The standard InChI is InChI=1S/C28H27Cl2FN2O4S/c1-38(35,36)32-28(34)22-12-21(18-7-8-18)26(13-25(22)31)37-16-17-14-33(15-17)27(19-5-3-2-4-6-19)20-9-10-23(29)24(30)11-20/h2-6,9-13,17-18,27H,7-8,14-16H2,1H3,(H,32,34). The van der Waals surface area contributed by atoms with Crippen LogP contribution in [0.5, 0.6) is 5.75 Å². The van der Waals surface area contributed by atoms with E-state index < -0.39 is 21.7 Å². The van der Waals surface area contributed by atoms with Gasteiger partial charge in [-0.05, 0) is 53.6 Å². The number of sulfonamides is 1. The molecule has 2 fully saturated rings. The molecule has 3 aromatic rings. The van der Waals surface area contributed by atoms with Crippen LogP contribution in [0.1, 0.15) is 51.8 Å². The van der Waals surface area contributed by atoms with Gasteiger partial charge in [0.25, 0.3) is 5.91 Å².